The molecule has 1 aromatic heterocycles. The minimum atomic E-state index is -4.40. The molecule has 3 fully saturated rings. The predicted molar refractivity (Wildman–Crippen MR) is 73.1 cm³/mol. The number of pyridine rings is 1. The van der Waals surface area contributed by atoms with Crippen molar-refractivity contribution in [1.82, 2.24) is 10.3 Å². The highest BCUT2D eigenvalue weighted by Crippen LogP contribution is 2.59. The van der Waals surface area contributed by atoms with E-state index >= 15 is 0 Å². The van der Waals surface area contributed by atoms with E-state index < -0.39 is 11.7 Å². The van der Waals surface area contributed by atoms with Gasteiger partial charge in [-0.05, 0) is 43.5 Å². The average Bonchev–Trinajstić information content (AvgIpc) is 2.87. The number of aromatic nitrogens is 1. The summed E-state index contributed by atoms with van der Waals surface area (Å²) in [6.07, 6.45) is -1.96. The number of nitrogens with zero attached hydrogens (tertiary/aromatic N) is 2. The second kappa shape index (κ2) is 4.44. The van der Waals surface area contributed by atoms with Gasteiger partial charge in [0.25, 0.3) is 0 Å². The molecule has 2 saturated heterocycles. The van der Waals surface area contributed by atoms with Crippen molar-refractivity contribution in [3.8, 4) is 0 Å². The van der Waals surface area contributed by atoms with Crippen molar-refractivity contribution in [2.75, 3.05) is 24.5 Å². The van der Waals surface area contributed by atoms with Crippen LogP contribution in [0.4, 0.5) is 19.0 Å². The van der Waals surface area contributed by atoms with Gasteiger partial charge in [-0.25, -0.2) is 4.98 Å². The maximum Gasteiger partial charge on any atom is 0.417 e. The molecule has 2 aliphatic heterocycles. The van der Waals surface area contributed by atoms with Crippen molar-refractivity contribution in [3.05, 3.63) is 23.9 Å². The van der Waals surface area contributed by atoms with Gasteiger partial charge in [0.15, 0.2) is 0 Å². The highest BCUT2D eigenvalue weighted by molar-refractivity contribution is 5.95. The number of nitrogens with one attached hydrogen (secondary N) is 1. The molecular formula is C15H16F3N3O. The van der Waals surface area contributed by atoms with E-state index in [4.69, 9.17) is 0 Å². The van der Waals surface area contributed by atoms with Gasteiger partial charge in [0.05, 0.1) is 5.56 Å². The fourth-order valence-electron chi connectivity index (χ4n) is 4.28. The van der Waals surface area contributed by atoms with Crippen LogP contribution < -0.4 is 10.2 Å². The van der Waals surface area contributed by atoms with Crippen LogP contribution in [0.3, 0.4) is 0 Å². The topological polar surface area (TPSA) is 45.2 Å². The molecule has 0 aromatic carbocycles. The van der Waals surface area contributed by atoms with Gasteiger partial charge in [0.1, 0.15) is 5.82 Å². The molecule has 2 unspecified atom stereocenters. The summed E-state index contributed by atoms with van der Waals surface area (Å²) in [5, 5.41) is 3.36. The molecule has 1 N–H and O–H groups in total. The van der Waals surface area contributed by atoms with Gasteiger partial charge < -0.3 is 5.32 Å². The van der Waals surface area contributed by atoms with Crippen LogP contribution >= 0.6 is 0 Å². The van der Waals surface area contributed by atoms with Crippen molar-refractivity contribution in [1.29, 1.82) is 0 Å². The fourth-order valence-corrected chi connectivity index (χ4v) is 4.28. The van der Waals surface area contributed by atoms with E-state index in [2.05, 4.69) is 10.3 Å². The second-order valence-corrected chi connectivity index (χ2v) is 6.58. The van der Waals surface area contributed by atoms with Crippen LogP contribution in [-0.4, -0.2) is 30.5 Å². The van der Waals surface area contributed by atoms with Crippen LogP contribution in [0.15, 0.2) is 18.3 Å². The Bertz CT molecular complexity index is 599. The largest absolute Gasteiger partial charge is 0.417 e. The number of hydrogen-bond donors (Lipinski definition) is 1. The standard InChI is InChI=1S/C15H16F3N3O/c16-15(17,18)9-1-2-12(20-7-9)21-8-14(4-13(21)22)10-3-11(14)6-19-5-10/h1-2,7,10-11,19H,3-6,8H2. The lowest BCUT2D eigenvalue weighted by Crippen LogP contribution is -2.62. The Morgan fingerprint density at radius 3 is 2.55 bits per heavy atom. The third kappa shape index (κ3) is 1.87. The Labute approximate surface area is 125 Å². The zero-order valence-corrected chi connectivity index (χ0v) is 11.9. The van der Waals surface area contributed by atoms with E-state index in [-0.39, 0.29) is 11.3 Å². The molecule has 118 valence electrons. The highest BCUT2D eigenvalue weighted by Gasteiger charge is 2.61. The summed E-state index contributed by atoms with van der Waals surface area (Å²) < 4.78 is 37.8. The predicted octanol–water partition coefficient (Wildman–Crippen LogP) is 2.06. The minimum absolute atomic E-state index is 0.00666. The number of amides is 1. The zero-order valence-electron chi connectivity index (χ0n) is 11.9. The molecule has 7 heteroatoms. The summed E-state index contributed by atoms with van der Waals surface area (Å²) in [5.41, 5.74) is -0.783. The highest BCUT2D eigenvalue weighted by atomic mass is 19.4. The Kier molecular flexibility index (Phi) is 2.82. The maximum absolute atomic E-state index is 12.6. The first-order valence-corrected chi connectivity index (χ1v) is 7.44. The van der Waals surface area contributed by atoms with E-state index in [0.29, 0.717) is 30.6 Å². The number of carbonyl (C=O) groups is 1. The van der Waals surface area contributed by atoms with Gasteiger partial charge in [-0.15, -0.1) is 0 Å². The van der Waals surface area contributed by atoms with Gasteiger partial charge in [0, 0.05) is 24.6 Å². The number of hydrogen-bond acceptors (Lipinski definition) is 3. The summed E-state index contributed by atoms with van der Waals surface area (Å²) in [6.45, 7) is 2.44. The molecule has 3 aliphatic rings. The average molecular weight is 311 g/mol. The number of carbonyl (C=O) groups excluding carboxylic acids is 1. The van der Waals surface area contributed by atoms with Crippen molar-refractivity contribution < 1.29 is 18.0 Å². The lowest BCUT2D eigenvalue weighted by atomic mass is 9.50. The SMILES string of the molecule is O=C1CC2(CN1c1ccc(C(F)(F)F)cn1)C1CNCC2C1. The molecule has 22 heavy (non-hydrogen) atoms. The molecule has 4 rings (SSSR count). The monoisotopic (exact) mass is 311 g/mol. The third-order valence-corrected chi connectivity index (χ3v) is 5.56. The van der Waals surface area contributed by atoms with Crippen LogP contribution in [0.25, 0.3) is 0 Å². The summed E-state index contributed by atoms with van der Waals surface area (Å²) in [6, 6.07) is 2.29. The lowest BCUT2D eigenvalue weighted by Gasteiger charge is -2.57. The van der Waals surface area contributed by atoms with Crippen LogP contribution in [0, 0.1) is 17.3 Å². The molecule has 1 amide bonds. The van der Waals surface area contributed by atoms with Crippen LogP contribution in [-0.2, 0) is 11.0 Å². The molecule has 1 aromatic rings. The molecule has 0 radical (unpaired) electrons. The van der Waals surface area contributed by atoms with Crippen LogP contribution in [0.1, 0.15) is 18.4 Å². The van der Waals surface area contributed by atoms with Gasteiger partial charge in [-0.1, -0.05) is 0 Å². The lowest BCUT2D eigenvalue weighted by molar-refractivity contribution is -0.137. The molecule has 1 spiro atoms. The van der Waals surface area contributed by atoms with Gasteiger partial charge in [0.2, 0.25) is 5.91 Å². The molecule has 3 heterocycles. The fraction of sp³-hybridized carbons (Fsp3) is 0.600. The van der Waals surface area contributed by atoms with Gasteiger partial charge in [-0.2, -0.15) is 13.2 Å². The third-order valence-electron chi connectivity index (χ3n) is 5.56. The van der Waals surface area contributed by atoms with E-state index in [1.165, 1.54) is 6.07 Å². The molecule has 1 aliphatic carbocycles. The summed E-state index contributed by atoms with van der Waals surface area (Å²) in [5.74, 6) is 1.29. The Morgan fingerprint density at radius 1 is 1.27 bits per heavy atom. The second-order valence-electron chi connectivity index (χ2n) is 6.58. The first-order chi connectivity index (χ1) is 10.4. The van der Waals surface area contributed by atoms with Crippen molar-refractivity contribution in [3.63, 3.8) is 0 Å². The summed E-state index contributed by atoms with van der Waals surface area (Å²) in [4.78, 5) is 17.8. The van der Waals surface area contributed by atoms with Gasteiger partial charge >= 0.3 is 6.18 Å². The summed E-state index contributed by atoms with van der Waals surface area (Å²) in [7, 11) is 0. The molecule has 1 saturated carbocycles. The minimum Gasteiger partial charge on any atom is -0.316 e. The summed E-state index contributed by atoms with van der Waals surface area (Å²) >= 11 is 0. The number of rotatable bonds is 1. The number of halogens is 3. The van der Waals surface area contributed by atoms with Crippen molar-refractivity contribution in [2.45, 2.75) is 19.0 Å². The molecular weight excluding hydrogens is 295 g/mol. The zero-order chi connectivity index (χ0) is 15.5. The van der Waals surface area contributed by atoms with E-state index in [1.807, 2.05) is 0 Å². The van der Waals surface area contributed by atoms with Crippen LogP contribution in [0.5, 0.6) is 0 Å². The Balaban J connectivity index is 1.57. The quantitative estimate of drug-likeness (QED) is 0.863. The van der Waals surface area contributed by atoms with Gasteiger partial charge in [-0.3, -0.25) is 9.69 Å². The van der Waals surface area contributed by atoms with E-state index in [1.54, 1.807) is 4.90 Å². The smallest absolute Gasteiger partial charge is 0.316 e. The molecule has 2 atom stereocenters. The molecule has 4 nitrogen and oxygen atoms in total. The maximum atomic E-state index is 12.6. The van der Waals surface area contributed by atoms with Crippen molar-refractivity contribution in [2.24, 2.45) is 17.3 Å². The Hall–Kier alpha value is -1.63. The van der Waals surface area contributed by atoms with E-state index in [9.17, 15) is 18.0 Å². The van der Waals surface area contributed by atoms with E-state index in [0.717, 1.165) is 31.8 Å². The Morgan fingerprint density at radius 2 is 2.00 bits per heavy atom. The van der Waals surface area contributed by atoms with Crippen LogP contribution in [0.2, 0.25) is 0 Å². The molecule has 2 bridgehead atoms. The number of alkyl halides is 3. The first-order valence-electron chi connectivity index (χ1n) is 7.44. The van der Waals surface area contributed by atoms with Crippen molar-refractivity contribution >= 4 is 11.7 Å². The first kappa shape index (κ1) is 14.0. The number of piperidine rings is 2. The number of anilines is 1. The normalized spacial score (nSPS) is 34.1.